The Labute approximate surface area is 121 Å². The van der Waals surface area contributed by atoms with Crippen LogP contribution in [0.15, 0.2) is 40.9 Å². The van der Waals surface area contributed by atoms with E-state index in [1.54, 1.807) is 12.1 Å². The molecule has 0 unspecified atom stereocenters. The van der Waals surface area contributed by atoms with Crippen LogP contribution in [0.2, 0.25) is 0 Å². The summed E-state index contributed by atoms with van der Waals surface area (Å²) in [5.74, 6) is -0.476. The number of halogens is 2. The Kier molecular flexibility index (Phi) is 3.96. The van der Waals surface area contributed by atoms with Gasteiger partial charge in [0.1, 0.15) is 17.4 Å². The molecule has 0 heterocycles. The smallest absolute Gasteiger partial charge is 0.287 e. The molecule has 0 saturated carbocycles. The minimum atomic E-state index is -0.664. The zero-order chi connectivity index (χ0) is 14.7. The maximum Gasteiger partial charge on any atom is 0.287 e. The summed E-state index contributed by atoms with van der Waals surface area (Å²) < 4.78 is 19.4. The highest BCUT2D eigenvalue weighted by Crippen LogP contribution is 2.29. The Morgan fingerprint density at radius 1 is 1.30 bits per heavy atom. The zero-order valence-corrected chi connectivity index (χ0v) is 11.4. The molecule has 20 heavy (non-hydrogen) atoms. The van der Waals surface area contributed by atoms with Crippen LogP contribution in [0.25, 0.3) is 0 Å². The molecule has 0 atom stereocenters. The molecule has 2 aromatic rings. The predicted molar refractivity (Wildman–Crippen MR) is 72.0 cm³/mol. The van der Waals surface area contributed by atoms with Crippen LogP contribution in [0, 0.1) is 27.3 Å². The van der Waals surface area contributed by atoms with E-state index < -0.39 is 10.7 Å². The lowest BCUT2D eigenvalue weighted by Crippen LogP contribution is -1.94. The fraction of sp³-hybridized carbons (Fsp3) is 0. The number of rotatable bonds is 3. The van der Waals surface area contributed by atoms with E-state index in [0.717, 1.165) is 6.07 Å². The number of ether oxygens (including phenoxy) is 1. The minimum absolute atomic E-state index is 0.0362. The molecule has 2 rings (SSSR count). The van der Waals surface area contributed by atoms with Gasteiger partial charge in [0.05, 0.1) is 4.92 Å². The minimum Gasteiger partial charge on any atom is -0.454 e. The van der Waals surface area contributed by atoms with E-state index in [1.807, 2.05) is 0 Å². The van der Waals surface area contributed by atoms with Gasteiger partial charge in [-0.3, -0.25) is 10.1 Å². The molecule has 0 saturated heterocycles. The van der Waals surface area contributed by atoms with Crippen LogP contribution in [0.1, 0.15) is 5.56 Å². The van der Waals surface area contributed by atoms with Crippen LogP contribution >= 0.6 is 15.9 Å². The van der Waals surface area contributed by atoms with Crippen LogP contribution in [0.4, 0.5) is 10.1 Å². The van der Waals surface area contributed by atoms with E-state index in [1.165, 1.54) is 24.3 Å². The molecule has 0 bridgehead atoms. The maximum atomic E-state index is 13.6. The molecule has 0 N–H and O–H groups in total. The second kappa shape index (κ2) is 5.67. The Hall–Kier alpha value is -2.46. The van der Waals surface area contributed by atoms with Crippen molar-refractivity contribution in [1.82, 2.24) is 0 Å². The van der Waals surface area contributed by atoms with Crippen LogP contribution < -0.4 is 4.74 Å². The summed E-state index contributed by atoms with van der Waals surface area (Å²) >= 11 is 3.12. The summed E-state index contributed by atoms with van der Waals surface area (Å²) in [6.07, 6.45) is 0. The Bertz CT molecular complexity index is 728. The van der Waals surface area contributed by atoms with Crippen molar-refractivity contribution < 1.29 is 14.1 Å². The largest absolute Gasteiger partial charge is 0.454 e. The summed E-state index contributed by atoms with van der Waals surface area (Å²) in [4.78, 5) is 10.0. The summed E-state index contributed by atoms with van der Waals surface area (Å²) in [5, 5.41) is 19.5. The molecule has 100 valence electrons. The van der Waals surface area contributed by atoms with Gasteiger partial charge in [0.25, 0.3) is 5.69 Å². The van der Waals surface area contributed by atoms with Crippen molar-refractivity contribution in [3.8, 4) is 17.6 Å². The summed E-state index contributed by atoms with van der Waals surface area (Å²) in [6.45, 7) is 0. The molecular weight excluding hydrogens is 331 g/mol. The number of nitrogens with zero attached hydrogens (tertiary/aromatic N) is 2. The Morgan fingerprint density at radius 3 is 2.65 bits per heavy atom. The molecule has 2 aromatic carbocycles. The standard InChI is InChI=1S/C13H6BrFN2O3/c14-9-1-4-13(11(15)6-9)20-10-2-3-12(17(18)19)8(5-10)7-16/h1-6H. The molecule has 0 amide bonds. The molecule has 5 nitrogen and oxygen atoms in total. The molecule has 7 heteroatoms. The van der Waals surface area contributed by atoms with E-state index in [4.69, 9.17) is 10.00 Å². The highest BCUT2D eigenvalue weighted by molar-refractivity contribution is 9.10. The van der Waals surface area contributed by atoms with E-state index in [9.17, 15) is 14.5 Å². The number of hydrogen-bond donors (Lipinski definition) is 0. The van der Waals surface area contributed by atoms with Gasteiger partial charge >= 0.3 is 0 Å². The molecular formula is C13H6BrFN2O3. The third-order valence-electron chi connectivity index (χ3n) is 2.41. The third kappa shape index (κ3) is 2.92. The number of nitriles is 1. The van der Waals surface area contributed by atoms with Crippen molar-refractivity contribution in [2.75, 3.05) is 0 Å². The van der Waals surface area contributed by atoms with Gasteiger partial charge in [0, 0.05) is 16.6 Å². The van der Waals surface area contributed by atoms with Gasteiger partial charge in [0.2, 0.25) is 0 Å². The first-order valence-corrected chi connectivity index (χ1v) is 6.12. The number of nitro benzene ring substituents is 1. The quantitative estimate of drug-likeness (QED) is 0.622. The van der Waals surface area contributed by atoms with Crippen LogP contribution in [0.3, 0.4) is 0 Å². The van der Waals surface area contributed by atoms with E-state index in [-0.39, 0.29) is 22.7 Å². The van der Waals surface area contributed by atoms with E-state index in [0.29, 0.717) is 4.47 Å². The lowest BCUT2D eigenvalue weighted by molar-refractivity contribution is -0.385. The molecule has 0 radical (unpaired) electrons. The number of nitro groups is 1. The Balaban J connectivity index is 2.35. The lowest BCUT2D eigenvalue weighted by atomic mass is 10.2. The topological polar surface area (TPSA) is 76.2 Å². The van der Waals surface area contributed by atoms with Gasteiger partial charge in [-0.05, 0) is 24.3 Å². The monoisotopic (exact) mass is 336 g/mol. The molecule has 0 aliphatic carbocycles. The van der Waals surface area contributed by atoms with Gasteiger partial charge in [-0.2, -0.15) is 5.26 Å². The lowest BCUT2D eigenvalue weighted by Gasteiger charge is -2.07. The van der Waals surface area contributed by atoms with Gasteiger partial charge in [-0.25, -0.2) is 4.39 Å². The maximum absolute atomic E-state index is 13.6. The van der Waals surface area contributed by atoms with Crippen LogP contribution in [-0.4, -0.2) is 4.92 Å². The molecule has 0 aliphatic heterocycles. The fourth-order valence-corrected chi connectivity index (χ4v) is 1.85. The van der Waals surface area contributed by atoms with Gasteiger partial charge in [-0.1, -0.05) is 15.9 Å². The fourth-order valence-electron chi connectivity index (χ4n) is 1.51. The van der Waals surface area contributed by atoms with Crippen LogP contribution in [-0.2, 0) is 0 Å². The van der Waals surface area contributed by atoms with Crippen molar-refractivity contribution in [2.24, 2.45) is 0 Å². The van der Waals surface area contributed by atoms with Crippen molar-refractivity contribution in [2.45, 2.75) is 0 Å². The second-order valence-electron chi connectivity index (χ2n) is 3.72. The van der Waals surface area contributed by atoms with Crippen molar-refractivity contribution in [1.29, 1.82) is 5.26 Å². The highest BCUT2D eigenvalue weighted by Gasteiger charge is 2.15. The molecule has 0 spiro atoms. The van der Waals surface area contributed by atoms with Crippen molar-refractivity contribution in [3.63, 3.8) is 0 Å². The average Bonchev–Trinajstić information content (AvgIpc) is 2.41. The first kappa shape index (κ1) is 14.0. The number of benzene rings is 2. The SMILES string of the molecule is N#Cc1cc(Oc2ccc(Br)cc2F)ccc1[N+](=O)[O-]. The third-order valence-corrected chi connectivity index (χ3v) is 2.90. The normalized spacial score (nSPS) is 9.85. The average molecular weight is 337 g/mol. The second-order valence-corrected chi connectivity index (χ2v) is 4.64. The summed E-state index contributed by atoms with van der Waals surface area (Å²) in [6, 6.07) is 9.58. The van der Waals surface area contributed by atoms with E-state index >= 15 is 0 Å². The summed E-state index contributed by atoms with van der Waals surface area (Å²) in [7, 11) is 0. The molecule has 0 aliphatic rings. The first-order chi connectivity index (χ1) is 9.51. The number of hydrogen-bond acceptors (Lipinski definition) is 4. The van der Waals surface area contributed by atoms with Gasteiger partial charge in [-0.15, -0.1) is 0 Å². The summed E-state index contributed by atoms with van der Waals surface area (Å²) in [5.41, 5.74) is -0.471. The first-order valence-electron chi connectivity index (χ1n) is 5.32. The van der Waals surface area contributed by atoms with E-state index in [2.05, 4.69) is 15.9 Å². The molecule has 0 aromatic heterocycles. The zero-order valence-electron chi connectivity index (χ0n) is 9.84. The van der Waals surface area contributed by atoms with Gasteiger partial charge in [0.15, 0.2) is 11.6 Å². The Morgan fingerprint density at radius 2 is 2.05 bits per heavy atom. The van der Waals surface area contributed by atoms with Crippen molar-refractivity contribution in [3.05, 3.63) is 62.4 Å². The highest BCUT2D eigenvalue weighted by atomic mass is 79.9. The van der Waals surface area contributed by atoms with Gasteiger partial charge < -0.3 is 4.74 Å². The molecule has 0 fully saturated rings. The van der Waals surface area contributed by atoms with Crippen molar-refractivity contribution >= 4 is 21.6 Å². The predicted octanol–water partition coefficient (Wildman–Crippen LogP) is 4.16. The van der Waals surface area contributed by atoms with Crippen LogP contribution in [0.5, 0.6) is 11.5 Å².